The Morgan fingerprint density at radius 2 is 2.21 bits per heavy atom. The van der Waals surface area contributed by atoms with Crippen molar-refractivity contribution in [1.82, 2.24) is 15.2 Å². The smallest absolute Gasteiger partial charge is 0.213 e. The van der Waals surface area contributed by atoms with Crippen molar-refractivity contribution in [3.05, 3.63) is 23.9 Å². The second-order valence-electron chi connectivity index (χ2n) is 6.11. The molecule has 0 saturated carbocycles. The molecular formula is C15H25IN4O3S. The van der Waals surface area contributed by atoms with Gasteiger partial charge in [0.15, 0.2) is 15.8 Å². The van der Waals surface area contributed by atoms with Gasteiger partial charge in [-0.3, -0.25) is 4.99 Å². The predicted molar refractivity (Wildman–Crippen MR) is 106 cm³/mol. The standard InChI is InChI=1S/C15H24N4O3S.HI/c1-15(2)11-19(7-8-23(15,20)21)14(16-3)18-10-12-5-6-17-13(9-12)22-4;/h5-6,9H,7-8,10-11H2,1-4H3,(H,16,18);1H. The zero-order valence-electron chi connectivity index (χ0n) is 14.4. The molecule has 24 heavy (non-hydrogen) atoms. The molecule has 1 N–H and O–H groups in total. The first-order valence-electron chi connectivity index (χ1n) is 7.46. The summed E-state index contributed by atoms with van der Waals surface area (Å²) in [6.07, 6.45) is 1.69. The van der Waals surface area contributed by atoms with Crippen LogP contribution < -0.4 is 10.1 Å². The molecular weight excluding hydrogens is 443 g/mol. The minimum Gasteiger partial charge on any atom is -0.481 e. The number of nitrogens with one attached hydrogen (secondary N) is 1. The number of aliphatic imine (C=N–C) groups is 1. The van der Waals surface area contributed by atoms with Gasteiger partial charge in [0.1, 0.15) is 0 Å². The molecule has 2 heterocycles. The molecule has 0 spiro atoms. The highest BCUT2D eigenvalue weighted by molar-refractivity contribution is 14.0. The number of ether oxygens (including phenoxy) is 1. The minimum atomic E-state index is -3.06. The third kappa shape index (κ3) is 4.71. The number of guanidine groups is 1. The molecule has 0 unspecified atom stereocenters. The molecule has 1 saturated heterocycles. The molecule has 1 aliphatic heterocycles. The molecule has 0 bridgehead atoms. The van der Waals surface area contributed by atoms with E-state index in [4.69, 9.17) is 4.74 Å². The van der Waals surface area contributed by atoms with Crippen molar-refractivity contribution in [1.29, 1.82) is 0 Å². The molecule has 1 aromatic rings. The molecule has 0 atom stereocenters. The van der Waals surface area contributed by atoms with Crippen LogP contribution in [0.1, 0.15) is 19.4 Å². The van der Waals surface area contributed by atoms with E-state index in [1.165, 1.54) is 0 Å². The van der Waals surface area contributed by atoms with E-state index in [-0.39, 0.29) is 29.7 Å². The molecule has 0 radical (unpaired) electrons. The number of hydrogen-bond acceptors (Lipinski definition) is 5. The van der Waals surface area contributed by atoms with E-state index in [9.17, 15) is 8.42 Å². The summed E-state index contributed by atoms with van der Waals surface area (Å²) in [4.78, 5) is 10.3. The number of pyridine rings is 1. The predicted octanol–water partition coefficient (Wildman–Crippen LogP) is 1.29. The first kappa shape index (κ1) is 20.9. The Bertz CT molecular complexity index is 692. The zero-order chi connectivity index (χ0) is 17.1. The number of methoxy groups -OCH3 is 1. The van der Waals surface area contributed by atoms with Gasteiger partial charge < -0.3 is 15.0 Å². The minimum absolute atomic E-state index is 0. The Morgan fingerprint density at radius 3 is 2.79 bits per heavy atom. The fourth-order valence-corrected chi connectivity index (χ4v) is 3.88. The molecule has 1 fully saturated rings. The fraction of sp³-hybridized carbons (Fsp3) is 0.600. The van der Waals surface area contributed by atoms with Crippen LogP contribution in [0.5, 0.6) is 5.88 Å². The van der Waals surface area contributed by atoms with Crippen molar-refractivity contribution < 1.29 is 13.2 Å². The lowest BCUT2D eigenvalue weighted by Gasteiger charge is -2.39. The average molecular weight is 468 g/mol. The number of aromatic nitrogens is 1. The Hall–Kier alpha value is -1.10. The molecule has 7 nitrogen and oxygen atoms in total. The van der Waals surface area contributed by atoms with Crippen LogP contribution in [0, 0.1) is 0 Å². The Labute approximate surface area is 160 Å². The second-order valence-corrected chi connectivity index (χ2v) is 8.85. The highest BCUT2D eigenvalue weighted by atomic mass is 127. The van der Waals surface area contributed by atoms with Crippen molar-refractivity contribution >= 4 is 39.8 Å². The van der Waals surface area contributed by atoms with Crippen molar-refractivity contribution in [2.24, 2.45) is 4.99 Å². The largest absolute Gasteiger partial charge is 0.481 e. The van der Waals surface area contributed by atoms with Crippen LogP contribution >= 0.6 is 24.0 Å². The van der Waals surface area contributed by atoms with Gasteiger partial charge in [-0.1, -0.05) is 0 Å². The highest BCUT2D eigenvalue weighted by Gasteiger charge is 2.40. The van der Waals surface area contributed by atoms with Crippen LogP contribution in [0.15, 0.2) is 23.3 Å². The Kier molecular flexibility index (Phi) is 7.26. The molecule has 2 rings (SSSR count). The summed E-state index contributed by atoms with van der Waals surface area (Å²) in [7, 11) is 0.217. The number of nitrogens with zero attached hydrogens (tertiary/aromatic N) is 3. The number of halogens is 1. The van der Waals surface area contributed by atoms with E-state index in [0.717, 1.165) is 5.56 Å². The van der Waals surface area contributed by atoms with Crippen LogP contribution in [0.25, 0.3) is 0 Å². The summed E-state index contributed by atoms with van der Waals surface area (Å²) in [6, 6.07) is 3.75. The highest BCUT2D eigenvalue weighted by Crippen LogP contribution is 2.23. The molecule has 136 valence electrons. The lowest BCUT2D eigenvalue weighted by atomic mass is 10.2. The normalized spacial score (nSPS) is 19.3. The maximum atomic E-state index is 12.1. The maximum Gasteiger partial charge on any atom is 0.213 e. The average Bonchev–Trinajstić information content (AvgIpc) is 2.51. The van der Waals surface area contributed by atoms with Gasteiger partial charge in [0.05, 0.1) is 17.6 Å². The van der Waals surface area contributed by atoms with E-state index < -0.39 is 14.6 Å². The number of rotatable bonds is 3. The van der Waals surface area contributed by atoms with E-state index in [0.29, 0.717) is 31.5 Å². The molecule has 0 amide bonds. The van der Waals surface area contributed by atoms with Crippen molar-refractivity contribution in [2.45, 2.75) is 25.1 Å². The molecule has 0 aliphatic carbocycles. The van der Waals surface area contributed by atoms with Crippen LogP contribution in [0.4, 0.5) is 0 Å². The molecule has 0 aromatic carbocycles. The van der Waals surface area contributed by atoms with Gasteiger partial charge in [0, 0.05) is 38.9 Å². The third-order valence-corrected chi connectivity index (χ3v) is 6.55. The van der Waals surface area contributed by atoms with Crippen LogP contribution in [-0.4, -0.2) is 62.0 Å². The van der Waals surface area contributed by atoms with Gasteiger partial charge in [0.2, 0.25) is 5.88 Å². The Morgan fingerprint density at radius 1 is 1.50 bits per heavy atom. The monoisotopic (exact) mass is 468 g/mol. The summed E-state index contributed by atoms with van der Waals surface area (Å²) >= 11 is 0. The molecule has 9 heteroatoms. The SMILES string of the molecule is CN=C(NCc1ccnc(OC)c1)N1CCS(=O)(=O)C(C)(C)C1.I. The van der Waals surface area contributed by atoms with Gasteiger partial charge >= 0.3 is 0 Å². The summed E-state index contributed by atoms with van der Waals surface area (Å²) in [5, 5.41) is 3.27. The summed E-state index contributed by atoms with van der Waals surface area (Å²) in [6.45, 7) is 4.96. The van der Waals surface area contributed by atoms with Crippen molar-refractivity contribution in [3.63, 3.8) is 0 Å². The van der Waals surface area contributed by atoms with E-state index in [1.807, 2.05) is 17.0 Å². The van der Waals surface area contributed by atoms with Crippen LogP contribution in [-0.2, 0) is 16.4 Å². The number of hydrogen-bond donors (Lipinski definition) is 1. The van der Waals surface area contributed by atoms with E-state index in [2.05, 4.69) is 15.3 Å². The van der Waals surface area contributed by atoms with Crippen LogP contribution in [0.2, 0.25) is 0 Å². The Balaban J connectivity index is 0.00000288. The molecule has 1 aliphatic rings. The first-order chi connectivity index (χ1) is 10.8. The lowest BCUT2D eigenvalue weighted by Crippen LogP contribution is -2.57. The lowest BCUT2D eigenvalue weighted by molar-refractivity contribution is 0.353. The summed E-state index contributed by atoms with van der Waals surface area (Å²) in [5.74, 6) is 1.40. The summed E-state index contributed by atoms with van der Waals surface area (Å²) in [5.41, 5.74) is 1.02. The van der Waals surface area contributed by atoms with Crippen LogP contribution in [0.3, 0.4) is 0 Å². The maximum absolute atomic E-state index is 12.1. The van der Waals surface area contributed by atoms with E-state index >= 15 is 0 Å². The molecule has 1 aromatic heterocycles. The van der Waals surface area contributed by atoms with Gasteiger partial charge in [-0.15, -0.1) is 24.0 Å². The zero-order valence-corrected chi connectivity index (χ0v) is 17.6. The van der Waals surface area contributed by atoms with E-state index in [1.54, 1.807) is 34.2 Å². The first-order valence-corrected chi connectivity index (χ1v) is 9.11. The quantitative estimate of drug-likeness (QED) is 0.409. The van der Waals surface area contributed by atoms with Gasteiger partial charge in [-0.2, -0.15) is 0 Å². The van der Waals surface area contributed by atoms with Crippen molar-refractivity contribution in [2.75, 3.05) is 33.0 Å². The van der Waals surface area contributed by atoms with Gasteiger partial charge in [0.25, 0.3) is 0 Å². The summed E-state index contributed by atoms with van der Waals surface area (Å²) < 4.78 is 28.5. The third-order valence-electron chi connectivity index (χ3n) is 4.01. The second kappa shape index (κ2) is 8.32. The van der Waals surface area contributed by atoms with Gasteiger partial charge in [-0.05, 0) is 25.5 Å². The van der Waals surface area contributed by atoms with Crippen molar-refractivity contribution in [3.8, 4) is 5.88 Å². The fourth-order valence-electron chi connectivity index (χ4n) is 2.51. The number of sulfone groups is 1. The van der Waals surface area contributed by atoms with Gasteiger partial charge in [-0.25, -0.2) is 13.4 Å². The topological polar surface area (TPSA) is 83.9 Å².